The van der Waals surface area contributed by atoms with Crippen LogP contribution in [0, 0.1) is 0 Å². The van der Waals surface area contributed by atoms with Gasteiger partial charge in [0.05, 0.1) is 0 Å². The number of amides is 1. The monoisotopic (exact) mass is 116 g/mol. The van der Waals surface area contributed by atoms with Crippen LogP contribution in [0.3, 0.4) is 0 Å². The van der Waals surface area contributed by atoms with E-state index in [4.69, 9.17) is 10.9 Å². The molecule has 0 aliphatic carbocycles. The second-order valence-corrected chi connectivity index (χ2v) is 1.84. The molecule has 0 aromatic heterocycles. The molecule has 1 saturated heterocycles. The zero-order valence-corrected chi connectivity index (χ0v) is 4.37. The average Bonchev–Trinajstić information content (AvgIpc) is 1.98. The average molecular weight is 116 g/mol. The summed E-state index contributed by atoms with van der Waals surface area (Å²) in [6.45, 7) is 0.472. The third-order valence-electron chi connectivity index (χ3n) is 1.21. The summed E-state index contributed by atoms with van der Waals surface area (Å²) in [6, 6.07) is 0. The zero-order valence-electron chi connectivity index (χ0n) is 4.37. The Balaban J connectivity index is 2.57. The van der Waals surface area contributed by atoms with Crippen LogP contribution in [-0.4, -0.2) is 28.7 Å². The number of nitrogens with two attached hydrogens (primary N) is 1. The van der Waals surface area contributed by atoms with Crippen molar-refractivity contribution >= 4 is 5.91 Å². The van der Waals surface area contributed by atoms with Crippen molar-refractivity contribution in [2.24, 2.45) is 5.84 Å². The van der Waals surface area contributed by atoms with Gasteiger partial charge < -0.3 is 5.11 Å². The standard InChI is InChI=1S/C4H8N2O2/c5-6-2-1-3(7)4(6)8/h3,7H,1-2,5H2. The van der Waals surface area contributed by atoms with E-state index in [0.717, 1.165) is 5.01 Å². The van der Waals surface area contributed by atoms with E-state index in [0.29, 0.717) is 13.0 Å². The molecule has 1 amide bonds. The smallest absolute Gasteiger partial charge is 0.265 e. The fourth-order valence-corrected chi connectivity index (χ4v) is 0.686. The largest absolute Gasteiger partial charge is 0.383 e. The number of hydrazine groups is 1. The van der Waals surface area contributed by atoms with Crippen molar-refractivity contribution in [3.05, 3.63) is 0 Å². The summed E-state index contributed by atoms with van der Waals surface area (Å²) in [4.78, 5) is 10.5. The Bertz CT molecular complexity index is 103. The van der Waals surface area contributed by atoms with Crippen LogP contribution in [0.1, 0.15) is 6.42 Å². The van der Waals surface area contributed by atoms with Gasteiger partial charge in [0.25, 0.3) is 5.91 Å². The van der Waals surface area contributed by atoms with Gasteiger partial charge in [-0.05, 0) is 0 Å². The van der Waals surface area contributed by atoms with Crippen LogP contribution in [-0.2, 0) is 4.79 Å². The Morgan fingerprint density at radius 1 is 1.88 bits per heavy atom. The molecule has 1 rings (SSSR count). The molecule has 0 spiro atoms. The molecule has 0 bridgehead atoms. The molecule has 1 atom stereocenters. The summed E-state index contributed by atoms with van der Waals surface area (Å²) >= 11 is 0. The van der Waals surface area contributed by atoms with Crippen molar-refractivity contribution in [1.29, 1.82) is 0 Å². The second-order valence-electron chi connectivity index (χ2n) is 1.84. The first-order valence-electron chi connectivity index (χ1n) is 2.46. The lowest BCUT2D eigenvalue weighted by molar-refractivity contribution is -0.134. The molecule has 4 nitrogen and oxygen atoms in total. The number of hydrogen-bond acceptors (Lipinski definition) is 3. The van der Waals surface area contributed by atoms with E-state index in [2.05, 4.69) is 0 Å². The van der Waals surface area contributed by atoms with Crippen LogP contribution in [0.25, 0.3) is 0 Å². The number of hydrogen-bond donors (Lipinski definition) is 2. The Labute approximate surface area is 46.9 Å². The number of aliphatic hydroxyl groups excluding tert-OH is 1. The molecule has 0 radical (unpaired) electrons. The lowest BCUT2D eigenvalue weighted by Crippen LogP contribution is -2.35. The molecule has 1 aliphatic rings. The van der Waals surface area contributed by atoms with Gasteiger partial charge in [-0.3, -0.25) is 9.80 Å². The highest BCUT2D eigenvalue weighted by atomic mass is 16.3. The summed E-state index contributed by atoms with van der Waals surface area (Å²) in [6.07, 6.45) is -0.380. The van der Waals surface area contributed by atoms with Gasteiger partial charge in [0.2, 0.25) is 0 Å². The van der Waals surface area contributed by atoms with Crippen molar-refractivity contribution in [3.63, 3.8) is 0 Å². The maximum atomic E-state index is 10.5. The van der Waals surface area contributed by atoms with Gasteiger partial charge in [0.1, 0.15) is 6.10 Å². The molecule has 8 heavy (non-hydrogen) atoms. The highest BCUT2D eigenvalue weighted by Crippen LogP contribution is 2.04. The summed E-state index contributed by atoms with van der Waals surface area (Å²) in [5.41, 5.74) is 0. The van der Waals surface area contributed by atoms with Gasteiger partial charge >= 0.3 is 0 Å². The molecule has 1 aliphatic heterocycles. The van der Waals surface area contributed by atoms with Crippen LogP contribution >= 0.6 is 0 Å². The first-order chi connectivity index (χ1) is 3.72. The van der Waals surface area contributed by atoms with Crippen LogP contribution in [0.4, 0.5) is 0 Å². The van der Waals surface area contributed by atoms with Crippen LogP contribution in [0.5, 0.6) is 0 Å². The lowest BCUT2D eigenvalue weighted by atomic mass is 10.3. The lowest BCUT2D eigenvalue weighted by Gasteiger charge is -2.04. The second kappa shape index (κ2) is 1.72. The predicted molar refractivity (Wildman–Crippen MR) is 26.5 cm³/mol. The third kappa shape index (κ3) is 0.677. The molecule has 46 valence electrons. The fourth-order valence-electron chi connectivity index (χ4n) is 0.686. The maximum absolute atomic E-state index is 10.5. The van der Waals surface area contributed by atoms with Gasteiger partial charge in [0.15, 0.2) is 0 Å². The molecule has 0 saturated carbocycles. The number of carbonyl (C=O) groups is 1. The summed E-state index contributed by atoms with van der Waals surface area (Å²) in [5, 5.41) is 9.73. The molecule has 0 aromatic carbocycles. The van der Waals surface area contributed by atoms with Crippen molar-refractivity contribution < 1.29 is 9.90 Å². The molecule has 3 N–H and O–H groups in total. The molecule has 1 unspecified atom stereocenters. The van der Waals surface area contributed by atoms with Gasteiger partial charge in [0, 0.05) is 13.0 Å². The van der Waals surface area contributed by atoms with Gasteiger partial charge in [-0.15, -0.1) is 0 Å². The Hall–Kier alpha value is -0.610. The summed E-state index contributed by atoms with van der Waals surface area (Å²) < 4.78 is 0. The summed E-state index contributed by atoms with van der Waals surface area (Å²) in [5.74, 6) is 4.72. The first kappa shape index (κ1) is 5.53. The molecule has 4 heteroatoms. The highest BCUT2D eigenvalue weighted by Gasteiger charge is 2.26. The van der Waals surface area contributed by atoms with Gasteiger partial charge in [-0.2, -0.15) is 0 Å². The van der Waals surface area contributed by atoms with Crippen LogP contribution < -0.4 is 5.84 Å². The first-order valence-corrected chi connectivity index (χ1v) is 2.46. The Kier molecular flexibility index (Phi) is 1.19. The van der Waals surface area contributed by atoms with Gasteiger partial charge in [-0.1, -0.05) is 0 Å². The van der Waals surface area contributed by atoms with Crippen molar-refractivity contribution in [2.75, 3.05) is 6.54 Å². The van der Waals surface area contributed by atoms with E-state index in [1.165, 1.54) is 0 Å². The fraction of sp³-hybridized carbons (Fsp3) is 0.750. The van der Waals surface area contributed by atoms with E-state index in [-0.39, 0.29) is 5.91 Å². The van der Waals surface area contributed by atoms with Crippen molar-refractivity contribution in [1.82, 2.24) is 5.01 Å². The minimum absolute atomic E-state index is 0.370. The zero-order chi connectivity index (χ0) is 6.15. The Morgan fingerprint density at radius 2 is 2.50 bits per heavy atom. The predicted octanol–water partition coefficient (Wildman–Crippen LogP) is -1.55. The minimum atomic E-state index is -0.847. The van der Waals surface area contributed by atoms with Crippen LogP contribution in [0.15, 0.2) is 0 Å². The van der Waals surface area contributed by atoms with E-state index >= 15 is 0 Å². The van der Waals surface area contributed by atoms with E-state index in [1.807, 2.05) is 0 Å². The molecular formula is C4H8N2O2. The van der Waals surface area contributed by atoms with Crippen molar-refractivity contribution in [2.45, 2.75) is 12.5 Å². The number of nitrogens with zero attached hydrogens (tertiary/aromatic N) is 1. The third-order valence-corrected chi connectivity index (χ3v) is 1.21. The topological polar surface area (TPSA) is 66.6 Å². The number of rotatable bonds is 0. The Morgan fingerprint density at radius 3 is 2.62 bits per heavy atom. The van der Waals surface area contributed by atoms with Crippen LogP contribution in [0.2, 0.25) is 0 Å². The SMILES string of the molecule is NN1CCC(O)C1=O. The highest BCUT2D eigenvalue weighted by molar-refractivity contribution is 5.81. The van der Waals surface area contributed by atoms with E-state index < -0.39 is 6.10 Å². The van der Waals surface area contributed by atoms with E-state index in [1.54, 1.807) is 0 Å². The normalized spacial score (nSPS) is 29.5. The molecule has 1 heterocycles. The van der Waals surface area contributed by atoms with E-state index in [9.17, 15) is 4.79 Å². The minimum Gasteiger partial charge on any atom is -0.383 e. The number of aliphatic hydroxyl groups is 1. The number of carbonyl (C=O) groups excluding carboxylic acids is 1. The molecule has 0 aromatic rings. The maximum Gasteiger partial charge on any atom is 0.265 e. The quantitative estimate of drug-likeness (QED) is 0.297. The van der Waals surface area contributed by atoms with Crippen molar-refractivity contribution in [3.8, 4) is 0 Å². The summed E-state index contributed by atoms with van der Waals surface area (Å²) in [7, 11) is 0. The van der Waals surface area contributed by atoms with Gasteiger partial charge in [-0.25, -0.2) is 5.84 Å². The molecular weight excluding hydrogens is 108 g/mol. The molecule has 1 fully saturated rings.